The molecular weight excluding hydrogens is 401 g/mol. The minimum absolute atomic E-state index is 0.0390. The van der Waals surface area contributed by atoms with E-state index in [1.54, 1.807) is 18.2 Å². The van der Waals surface area contributed by atoms with Gasteiger partial charge in [-0.25, -0.2) is 9.97 Å². The van der Waals surface area contributed by atoms with Gasteiger partial charge in [0.15, 0.2) is 5.82 Å². The number of nitrogens with zero attached hydrogens (tertiary/aromatic N) is 3. The number of fused-ring (bicyclic) bond motifs is 1. The maximum atomic E-state index is 13.5. The Morgan fingerprint density at radius 3 is 2.23 bits per heavy atom. The summed E-state index contributed by atoms with van der Waals surface area (Å²) in [6.07, 6.45) is -4.49. The number of benzene rings is 3. The summed E-state index contributed by atoms with van der Waals surface area (Å²) >= 11 is 0. The van der Waals surface area contributed by atoms with E-state index in [2.05, 4.69) is 15.3 Å². The normalized spacial score (nSPS) is 11.5. The Morgan fingerprint density at radius 1 is 0.839 bits per heavy atom. The van der Waals surface area contributed by atoms with E-state index in [9.17, 15) is 13.2 Å². The Balaban J connectivity index is 1.73. The van der Waals surface area contributed by atoms with Crippen molar-refractivity contribution in [2.45, 2.75) is 12.7 Å². The second-order valence-corrected chi connectivity index (χ2v) is 7.37. The van der Waals surface area contributed by atoms with Crippen LogP contribution in [0.2, 0.25) is 0 Å². The van der Waals surface area contributed by atoms with Crippen LogP contribution >= 0.6 is 0 Å². The third-order valence-corrected chi connectivity index (χ3v) is 4.99. The lowest BCUT2D eigenvalue weighted by atomic mass is 10.1. The average Bonchev–Trinajstić information content (AvgIpc) is 2.77. The molecule has 0 atom stereocenters. The summed E-state index contributed by atoms with van der Waals surface area (Å²) in [4.78, 5) is 10.9. The number of aromatic nitrogens is 2. The minimum Gasteiger partial charge on any atom is -0.378 e. The summed E-state index contributed by atoms with van der Waals surface area (Å²) in [6, 6.07) is 20.7. The lowest BCUT2D eigenvalue weighted by Gasteiger charge is -2.15. The van der Waals surface area contributed by atoms with Gasteiger partial charge < -0.3 is 10.2 Å². The molecule has 0 aliphatic carbocycles. The molecule has 4 rings (SSSR count). The predicted octanol–water partition coefficient (Wildman–Crippen LogP) is 5.99. The van der Waals surface area contributed by atoms with Gasteiger partial charge in [-0.05, 0) is 35.9 Å². The van der Waals surface area contributed by atoms with Crippen LogP contribution in [0.5, 0.6) is 0 Å². The molecule has 0 saturated carbocycles. The fourth-order valence-electron chi connectivity index (χ4n) is 3.35. The molecule has 31 heavy (non-hydrogen) atoms. The Morgan fingerprint density at radius 2 is 1.52 bits per heavy atom. The molecule has 0 radical (unpaired) electrons. The van der Waals surface area contributed by atoms with Crippen LogP contribution in [0.3, 0.4) is 0 Å². The Kier molecular flexibility index (Phi) is 5.50. The van der Waals surface area contributed by atoms with Crippen molar-refractivity contribution in [2.75, 3.05) is 24.3 Å². The van der Waals surface area contributed by atoms with Crippen LogP contribution in [0.15, 0.2) is 72.8 Å². The molecule has 0 saturated heterocycles. The lowest BCUT2D eigenvalue weighted by Crippen LogP contribution is -2.10. The molecule has 0 fully saturated rings. The van der Waals surface area contributed by atoms with Crippen LogP contribution in [-0.2, 0) is 12.7 Å². The molecular formula is C24H21F3N4. The summed E-state index contributed by atoms with van der Waals surface area (Å²) in [6.45, 7) is 0.481. The topological polar surface area (TPSA) is 41.0 Å². The van der Waals surface area contributed by atoms with Crippen molar-refractivity contribution in [3.8, 4) is 11.4 Å². The molecule has 7 heteroatoms. The highest BCUT2D eigenvalue weighted by Crippen LogP contribution is 2.36. The van der Waals surface area contributed by atoms with E-state index in [0.29, 0.717) is 17.9 Å². The number of halogens is 3. The smallest absolute Gasteiger partial charge is 0.378 e. The zero-order valence-electron chi connectivity index (χ0n) is 17.1. The number of para-hydroxylation sites is 1. The van der Waals surface area contributed by atoms with Gasteiger partial charge in [0.2, 0.25) is 0 Å². The van der Waals surface area contributed by atoms with Crippen molar-refractivity contribution in [2.24, 2.45) is 0 Å². The molecule has 0 aliphatic heterocycles. The van der Waals surface area contributed by atoms with Crippen LogP contribution in [0, 0.1) is 0 Å². The van der Waals surface area contributed by atoms with Crippen LogP contribution in [-0.4, -0.2) is 24.1 Å². The van der Waals surface area contributed by atoms with Crippen molar-refractivity contribution in [1.29, 1.82) is 0 Å². The fourth-order valence-corrected chi connectivity index (χ4v) is 3.35. The Hall–Kier alpha value is -3.61. The second kappa shape index (κ2) is 8.26. The third kappa shape index (κ3) is 4.45. The van der Waals surface area contributed by atoms with Gasteiger partial charge in [0, 0.05) is 37.3 Å². The summed E-state index contributed by atoms with van der Waals surface area (Å²) in [5, 5.41) is 4.03. The Bertz CT molecular complexity index is 1200. The fraction of sp³-hybridized carbons (Fsp3) is 0.167. The van der Waals surface area contributed by atoms with Crippen molar-refractivity contribution in [3.05, 3.63) is 83.9 Å². The molecule has 1 heterocycles. The van der Waals surface area contributed by atoms with Crippen molar-refractivity contribution < 1.29 is 13.2 Å². The van der Waals surface area contributed by atoms with E-state index in [4.69, 9.17) is 0 Å². The minimum atomic E-state index is -4.49. The molecule has 0 unspecified atom stereocenters. The van der Waals surface area contributed by atoms with Gasteiger partial charge in [-0.2, -0.15) is 13.2 Å². The molecule has 0 amide bonds. The number of rotatable bonds is 5. The number of alkyl halides is 3. The zero-order valence-corrected chi connectivity index (χ0v) is 17.1. The molecule has 0 aliphatic rings. The van der Waals surface area contributed by atoms with Crippen LogP contribution in [0.4, 0.5) is 24.7 Å². The largest absolute Gasteiger partial charge is 0.417 e. The van der Waals surface area contributed by atoms with E-state index in [-0.39, 0.29) is 11.4 Å². The maximum Gasteiger partial charge on any atom is 0.417 e. The van der Waals surface area contributed by atoms with Gasteiger partial charge in [0.25, 0.3) is 0 Å². The van der Waals surface area contributed by atoms with Crippen LogP contribution in [0.1, 0.15) is 11.1 Å². The second-order valence-electron chi connectivity index (χ2n) is 7.37. The number of hydrogen-bond donors (Lipinski definition) is 1. The van der Waals surface area contributed by atoms with E-state index in [1.165, 1.54) is 12.1 Å². The van der Waals surface area contributed by atoms with Crippen molar-refractivity contribution in [1.82, 2.24) is 9.97 Å². The van der Waals surface area contributed by atoms with Gasteiger partial charge in [-0.1, -0.05) is 42.5 Å². The van der Waals surface area contributed by atoms with Gasteiger partial charge in [-0.3, -0.25) is 0 Å². The molecule has 0 bridgehead atoms. The number of hydrogen-bond acceptors (Lipinski definition) is 4. The molecule has 0 spiro atoms. The quantitative estimate of drug-likeness (QED) is 0.429. The SMILES string of the molecule is CN(C)c1ccc(CNc2nc(-c3ccccc3C(F)(F)F)nc3ccccc23)cc1. The Labute approximate surface area is 178 Å². The number of nitrogens with one attached hydrogen (secondary N) is 1. The summed E-state index contributed by atoms with van der Waals surface area (Å²) in [5.41, 5.74) is 1.90. The summed E-state index contributed by atoms with van der Waals surface area (Å²) in [7, 11) is 3.95. The van der Waals surface area contributed by atoms with Gasteiger partial charge >= 0.3 is 6.18 Å². The number of anilines is 2. The average molecular weight is 422 g/mol. The van der Waals surface area contributed by atoms with E-state index >= 15 is 0 Å². The molecule has 1 N–H and O–H groups in total. The molecule has 4 nitrogen and oxygen atoms in total. The van der Waals surface area contributed by atoms with Gasteiger partial charge in [0.05, 0.1) is 11.1 Å². The standard InChI is InChI=1S/C24H21F3N4/c1-31(2)17-13-11-16(12-14-17)15-28-22-19-8-4-6-10-21(19)29-23(30-22)18-7-3-5-9-20(18)24(25,26)27/h3-14H,15H2,1-2H3,(H,28,29,30). The van der Waals surface area contributed by atoms with Gasteiger partial charge in [0.1, 0.15) is 5.82 Å². The summed E-state index contributed by atoms with van der Waals surface area (Å²) < 4.78 is 40.6. The molecule has 1 aromatic heterocycles. The monoisotopic (exact) mass is 422 g/mol. The summed E-state index contributed by atoms with van der Waals surface area (Å²) in [5.74, 6) is 0.534. The maximum absolute atomic E-state index is 13.5. The first-order valence-corrected chi connectivity index (χ1v) is 9.76. The highest BCUT2D eigenvalue weighted by molar-refractivity contribution is 5.90. The first kappa shape index (κ1) is 20.7. The van der Waals surface area contributed by atoms with E-state index in [1.807, 2.05) is 55.4 Å². The third-order valence-electron chi connectivity index (χ3n) is 4.99. The van der Waals surface area contributed by atoms with Crippen molar-refractivity contribution >= 4 is 22.4 Å². The highest BCUT2D eigenvalue weighted by atomic mass is 19.4. The predicted molar refractivity (Wildman–Crippen MR) is 118 cm³/mol. The lowest BCUT2D eigenvalue weighted by molar-refractivity contribution is -0.137. The van der Waals surface area contributed by atoms with Crippen molar-refractivity contribution in [3.63, 3.8) is 0 Å². The molecule has 4 aromatic rings. The first-order chi connectivity index (χ1) is 14.8. The first-order valence-electron chi connectivity index (χ1n) is 9.76. The van der Waals surface area contributed by atoms with E-state index in [0.717, 1.165) is 22.7 Å². The highest BCUT2D eigenvalue weighted by Gasteiger charge is 2.34. The van der Waals surface area contributed by atoms with Gasteiger partial charge in [-0.15, -0.1) is 0 Å². The zero-order chi connectivity index (χ0) is 22.0. The van der Waals surface area contributed by atoms with E-state index < -0.39 is 11.7 Å². The van der Waals surface area contributed by atoms with Crippen LogP contribution in [0.25, 0.3) is 22.3 Å². The van der Waals surface area contributed by atoms with Crippen LogP contribution < -0.4 is 10.2 Å². The molecule has 158 valence electrons. The molecule has 3 aromatic carbocycles.